The van der Waals surface area contributed by atoms with Gasteiger partial charge in [0, 0.05) is 11.8 Å². The number of fused-ring (bicyclic) bond motifs is 3. The topological polar surface area (TPSA) is 43.6 Å². The predicted octanol–water partition coefficient (Wildman–Crippen LogP) is 10.0. The Labute approximate surface area is 279 Å². The lowest BCUT2D eigenvalue weighted by Gasteiger charge is -2.34. The molecule has 4 nitrogen and oxygen atoms in total. The SMILES string of the molecule is c1ccc(-n2nc(-c3ccc(-c4ccc5c(c4)C(c4ccccc4)(c4ccccc4)c4ccccc4-5)cc3)nc2-c2ccccn2)cc1. The van der Waals surface area contributed by atoms with Gasteiger partial charge in [-0.05, 0) is 74.8 Å². The molecule has 2 aromatic heterocycles. The monoisotopic (exact) mass is 614 g/mol. The zero-order valence-corrected chi connectivity index (χ0v) is 26.1. The van der Waals surface area contributed by atoms with Crippen LogP contribution in [0.25, 0.3) is 50.8 Å². The fraction of sp³-hybridized carbons (Fsp3) is 0.0227. The fourth-order valence-electron chi connectivity index (χ4n) is 7.28. The van der Waals surface area contributed by atoms with Crippen molar-refractivity contribution in [2.45, 2.75) is 5.41 Å². The molecule has 2 heterocycles. The minimum absolute atomic E-state index is 0.430. The second-order valence-electron chi connectivity index (χ2n) is 12.1. The molecule has 9 rings (SSSR count). The van der Waals surface area contributed by atoms with Gasteiger partial charge in [-0.3, -0.25) is 4.98 Å². The maximum Gasteiger partial charge on any atom is 0.182 e. The van der Waals surface area contributed by atoms with Crippen molar-refractivity contribution in [3.63, 3.8) is 0 Å². The van der Waals surface area contributed by atoms with E-state index in [-0.39, 0.29) is 0 Å². The van der Waals surface area contributed by atoms with Crippen molar-refractivity contribution in [3.05, 3.63) is 204 Å². The summed E-state index contributed by atoms with van der Waals surface area (Å²) in [5.74, 6) is 1.36. The van der Waals surface area contributed by atoms with E-state index in [9.17, 15) is 0 Å². The van der Waals surface area contributed by atoms with Crippen LogP contribution in [0, 0.1) is 0 Å². The lowest BCUT2D eigenvalue weighted by Crippen LogP contribution is -2.28. The number of para-hydroxylation sites is 1. The molecular formula is C44H30N4. The van der Waals surface area contributed by atoms with Crippen LogP contribution in [0.5, 0.6) is 0 Å². The van der Waals surface area contributed by atoms with Gasteiger partial charge in [0.15, 0.2) is 11.6 Å². The number of rotatable bonds is 6. The van der Waals surface area contributed by atoms with Crippen LogP contribution in [0.3, 0.4) is 0 Å². The molecule has 4 heteroatoms. The number of aromatic nitrogens is 4. The molecule has 0 atom stereocenters. The number of nitrogens with zero attached hydrogens (tertiary/aromatic N) is 4. The number of hydrogen-bond donors (Lipinski definition) is 0. The van der Waals surface area contributed by atoms with Crippen molar-refractivity contribution in [1.82, 2.24) is 19.7 Å². The quantitative estimate of drug-likeness (QED) is 0.187. The predicted molar refractivity (Wildman–Crippen MR) is 193 cm³/mol. The highest BCUT2D eigenvalue weighted by Crippen LogP contribution is 2.56. The highest BCUT2D eigenvalue weighted by molar-refractivity contribution is 5.88. The molecule has 0 N–H and O–H groups in total. The van der Waals surface area contributed by atoms with Crippen LogP contribution in [-0.2, 0) is 5.41 Å². The summed E-state index contributed by atoms with van der Waals surface area (Å²) >= 11 is 0. The third kappa shape index (κ3) is 4.42. The molecule has 226 valence electrons. The maximum atomic E-state index is 4.98. The van der Waals surface area contributed by atoms with Crippen molar-refractivity contribution in [2.75, 3.05) is 0 Å². The van der Waals surface area contributed by atoms with Crippen molar-refractivity contribution >= 4 is 0 Å². The minimum atomic E-state index is -0.430. The lowest BCUT2D eigenvalue weighted by molar-refractivity contribution is 0.769. The fourth-order valence-corrected chi connectivity index (χ4v) is 7.28. The molecule has 0 aliphatic heterocycles. The lowest BCUT2D eigenvalue weighted by atomic mass is 9.67. The summed E-state index contributed by atoms with van der Waals surface area (Å²) in [6, 6.07) is 62.2. The molecule has 6 aromatic carbocycles. The Balaban J connectivity index is 1.16. The minimum Gasteiger partial charge on any atom is -0.253 e. The summed E-state index contributed by atoms with van der Waals surface area (Å²) < 4.78 is 1.87. The molecule has 0 bridgehead atoms. The van der Waals surface area contributed by atoms with Crippen molar-refractivity contribution in [3.8, 4) is 50.8 Å². The normalized spacial score (nSPS) is 12.8. The summed E-state index contributed by atoms with van der Waals surface area (Å²) in [6.07, 6.45) is 1.78. The van der Waals surface area contributed by atoms with Gasteiger partial charge in [0.25, 0.3) is 0 Å². The van der Waals surface area contributed by atoms with Gasteiger partial charge in [0.1, 0.15) is 5.69 Å². The van der Waals surface area contributed by atoms with Gasteiger partial charge in [0.2, 0.25) is 0 Å². The standard InChI is InChI=1S/C44H30N4/c1-4-14-34(15-5-1)44(35-16-6-2-7-17-35)39-21-11-10-20-37(39)38-28-27-33(30-40(38)44)31-23-25-32(26-24-31)42-46-43(41-22-12-13-29-45-41)48(47-42)36-18-8-3-9-19-36/h1-30H. The molecule has 1 aliphatic rings. The Morgan fingerprint density at radius 3 is 1.73 bits per heavy atom. The second-order valence-corrected chi connectivity index (χ2v) is 12.1. The smallest absolute Gasteiger partial charge is 0.182 e. The third-order valence-electron chi connectivity index (χ3n) is 9.44. The van der Waals surface area contributed by atoms with E-state index in [4.69, 9.17) is 10.1 Å². The summed E-state index contributed by atoms with van der Waals surface area (Å²) in [5, 5.41) is 4.95. The summed E-state index contributed by atoms with van der Waals surface area (Å²) in [6.45, 7) is 0. The molecule has 48 heavy (non-hydrogen) atoms. The van der Waals surface area contributed by atoms with E-state index in [1.807, 2.05) is 53.2 Å². The van der Waals surface area contributed by atoms with Gasteiger partial charge in [0.05, 0.1) is 11.1 Å². The Morgan fingerprint density at radius 1 is 0.458 bits per heavy atom. The molecule has 8 aromatic rings. The number of hydrogen-bond acceptors (Lipinski definition) is 3. The first-order valence-corrected chi connectivity index (χ1v) is 16.2. The van der Waals surface area contributed by atoms with Crippen molar-refractivity contribution in [1.29, 1.82) is 0 Å². The van der Waals surface area contributed by atoms with Crippen molar-refractivity contribution in [2.24, 2.45) is 0 Å². The van der Waals surface area contributed by atoms with E-state index in [2.05, 4.69) is 132 Å². The Bertz CT molecular complexity index is 2270. The van der Waals surface area contributed by atoms with Crippen LogP contribution < -0.4 is 0 Å². The Morgan fingerprint density at radius 2 is 1.04 bits per heavy atom. The third-order valence-corrected chi connectivity index (χ3v) is 9.44. The first-order valence-electron chi connectivity index (χ1n) is 16.2. The van der Waals surface area contributed by atoms with E-state index < -0.39 is 5.41 Å². The van der Waals surface area contributed by atoms with E-state index >= 15 is 0 Å². The second kappa shape index (κ2) is 11.4. The van der Waals surface area contributed by atoms with Crippen LogP contribution in [-0.4, -0.2) is 19.7 Å². The van der Waals surface area contributed by atoms with Gasteiger partial charge >= 0.3 is 0 Å². The first-order chi connectivity index (χ1) is 23.8. The van der Waals surface area contributed by atoms with Gasteiger partial charge < -0.3 is 0 Å². The number of benzene rings is 6. The van der Waals surface area contributed by atoms with Gasteiger partial charge in [-0.1, -0.05) is 146 Å². The van der Waals surface area contributed by atoms with Gasteiger partial charge in [-0.2, -0.15) is 0 Å². The molecule has 0 radical (unpaired) electrons. The molecule has 0 unspecified atom stereocenters. The number of pyridine rings is 1. The Kier molecular flexibility index (Phi) is 6.65. The molecule has 0 saturated heterocycles. The summed E-state index contributed by atoms with van der Waals surface area (Å²) in [7, 11) is 0. The van der Waals surface area contributed by atoms with Crippen LogP contribution >= 0.6 is 0 Å². The van der Waals surface area contributed by atoms with Gasteiger partial charge in [-0.25, -0.2) is 9.67 Å². The molecular weight excluding hydrogens is 585 g/mol. The molecule has 0 fully saturated rings. The van der Waals surface area contributed by atoms with Gasteiger partial charge in [-0.15, -0.1) is 5.10 Å². The largest absolute Gasteiger partial charge is 0.253 e. The van der Waals surface area contributed by atoms with Crippen LogP contribution in [0.4, 0.5) is 0 Å². The van der Waals surface area contributed by atoms with E-state index in [1.54, 1.807) is 6.20 Å². The highest BCUT2D eigenvalue weighted by atomic mass is 15.4. The average Bonchev–Trinajstić information content (AvgIpc) is 3.75. The average molecular weight is 615 g/mol. The highest BCUT2D eigenvalue weighted by Gasteiger charge is 2.46. The van der Waals surface area contributed by atoms with Crippen LogP contribution in [0.1, 0.15) is 22.3 Å². The Hall–Kier alpha value is -6.39. The molecule has 0 amide bonds. The maximum absolute atomic E-state index is 4.98. The van der Waals surface area contributed by atoms with E-state index in [0.29, 0.717) is 11.6 Å². The van der Waals surface area contributed by atoms with Crippen LogP contribution in [0.2, 0.25) is 0 Å². The van der Waals surface area contributed by atoms with Crippen molar-refractivity contribution < 1.29 is 0 Å². The van der Waals surface area contributed by atoms with E-state index in [1.165, 1.54) is 38.9 Å². The summed E-state index contributed by atoms with van der Waals surface area (Å²) in [5.41, 5.74) is 12.2. The molecule has 0 spiro atoms. The molecule has 1 aliphatic carbocycles. The van der Waals surface area contributed by atoms with E-state index in [0.717, 1.165) is 22.5 Å². The zero-order chi connectivity index (χ0) is 31.9. The first kappa shape index (κ1) is 27.9. The summed E-state index contributed by atoms with van der Waals surface area (Å²) in [4.78, 5) is 9.55. The van der Waals surface area contributed by atoms with Crippen LogP contribution in [0.15, 0.2) is 182 Å². The molecule has 0 saturated carbocycles. The zero-order valence-electron chi connectivity index (χ0n) is 26.1.